The van der Waals surface area contributed by atoms with Crippen LogP contribution in [0.4, 0.5) is 0 Å². The van der Waals surface area contributed by atoms with Crippen LogP contribution in [0, 0.1) is 0 Å². The molecule has 2 heteroatoms. The molecule has 0 bridgehead atoms. The zero-order valence-corrected chi connectivity index (χ0v) is 8.07. The zero-order valence-electron chi connectivity index (χ0n) is 8.07. The Bertz CT molecular complexity index is 254. The van der Waals surface area contributed by atoms with Gasteiger partial charge in [-0.1, -0.05) is 44.2 Å². The molecule has 1 aromatic carbocycles. The van der Waals surface area contributed by atoms with Crippen molar-refractivity contribution in [2.75, 3.05) is 0 Å². The summed E-state index contributed by atoms with van der Waals surface area (Å²) in [5.41, 5.74) is 0.953. The van der Waals surface area contributed by atoms with E-state index < -0.39 is 5.79 Å². The van der Waals surface area contributed by atoms with Gasteiger partial charge in [0.25, 0.3) is 0 Å². The number of hydrogen-bond acceptors (Lipinski definition) is 2. The molecule has 0 aliphatic heterocycles. The maximum Gasteiger partial charge on any atom is 0.168 e. The first-order chi connectivity index (χ1) is 6.08. The summed E-state index contributed by atoms with van der Waals surface area (Å²) in [6, 6.07) is 9.52. The SMILES string of the molecule is CCC(O)(O)C(C)c1ccccc1. The Morgan fingerprint density at radius 1 is 1.23 bits per heavy atom. The van der Waals surface area contributed by atoms with E-state index >= 15 is 0 Å². The first-order valence-electron chi connectivity index (χ1n) is 4.57. The molecule has 1 rings (SSSR count). The fourth-order valence-corrected chi connectivity index (χ4v) is 1.31. The first kappa shape index (κ1) is 10.2. The number of rotatable bonds is 3. The molecule has 72 valence electrons. The molecule has 0 fully saturated rings. The second-order valence-corrected chi connectivity index (χ2v) is 3.36. The second-order valence-electron chi connectivity index (χ2n) is 3.36. The van der Waals surface area contributed by atoms with Gasteiger partial charge in [-0.3, -0.25) is 0 Å². The van der Waals surface area contributed by atoms with Crippen LogP contribution < -0.4 is 0 Å². The lowest BCUT2D eigenvalue weighted by molar-refractivity contribution is -0.177. The Balaban J connectivity index is 2.85. The monoisotopic (exact) mass is 180 g/mol. The molecular weight excluding hydrogens is 164 g/mol. The Morgan fingerprint density at radius 2 is 1.77 bits per heavy atom. The van der Waals surface area contributed by atoms with Gasteiger partial charge in [0.05, 0.1) is 0 Å². The fourth-order valence-electron chi connectivity index (χ4n) is 1.31. The van der Waals surface area contributed by atoms with Gasteiger partial charge in [0.1, 0.15) is 0 Å². The maximum atomic E-state index is 9.60. The molecule has 1 unspecified atom stereocenters. The van der Waals surface area contributed by atoms with E-state index in [1.54, 1.807) is 6.92 Å². The first-order valence-corrected chi connectivity index (χ1v) is 4.57. The summed E-state index contributed by atoms with van der Waals surface area (Å²) >= 11 is 0. The molecule has 1 aromatic rings. The van der Waals surface area contributed by atoms with Gasteiger partial charge in [0, 0.05) is 5.92 Å². The Kier molecular flexibility index (Phi) is 3.07. The lowest BCUT2D eigenvalue weighted by Crippen LogP contribution is -2.33. The van der Waals surface area contributed by atoms with Gasteiger partial charge in [-0.15, -0.1) is 0 Å². The van der Waals surface area contributed by atoms with Crippen molar-refractivity contribution in [3.8, 4) is 0 Å². The molecule has 13 heavy (non-hydrogen) atoms. The summed E-state index contributed by atoms with van der Waals surface area (Å²) in [5, 5.41) is 19.2. The predicted molar refractivity (Wildman–Crippen MR) is 52.3 cm³/mol. The lowest BCUT2D eigenvalue weighted by Gasteiger charge is -2.27. The lowest BCUT2D eigenvalue weighted by atomic mass is 9.91. The molecule has 0 aliphatic carbocycles. The van der Waals surface area contributed by atoms with Gasteiger partial charge in [-0.05, 0) is 12.0 Å². The topological polar surface area (TPSA) is 40.5 Å². The highest BCUT2D eigenvalue weighted by Crippen LogP contribution is 2.27. The molecular formula is C11H16O2. The van der Waals surface area contributed by atoms with Gasteiger partial charge in [0.15, 0.2) is 5.79 Å². The van der Waals surface area contributed by atoms with Crippen molar-refractivity contribution in [3.05, 3.63) is 35.9 Å². The average Bonchev–Trinajstić information content (AvgIpc) is 2.18. The summed E-state index contributed by atoms with van der Waals surface area (Å²) < 4.78 is 0. The molecule has 1 atom stereocenters. The van der Waals surface area contributed by atoms with Crippen molar-refractivity contribution < 1.29 is 10.2 Å². The minimum absolute atomic E-state index is 0.251. The number of aliphatic hydroxyl groups is 2. The maximum absolute atomic E-state index is 9.60. The van der Waals surface area contributed by atoms with Gasteiger partial charge in [-0.2, -0.15) is 0 Å². The predicted octanol–water partition coefficient (Wildman–Crippen LogP) is 1.88. The normalized spacial score (nSPS) is 14.2. The Hall–Kier alpha value is -0.860. The molecule has 2 N–H and O–H groups in total. The molecule has 2 nitrogen and oxygen atoms in total. The third-order valence-corrected chi connectivity index (χ3v) is 2.51. The minimum Gasteiger partial charge on any atom is -0.365 e. The van der Waals surface area contributed by atoms with Crippen molar-refractivity contribution in [3.63, 3.8) is 0 Å². The molecule has 0 aromatic heterocycles. The number of benzene rings is 1. The van der Waals surface area contributed by atoms with Crippen LogP contribution in [0.1, 0.15) is 31.7 Å². The second kappa shape index (κ2) is 3.90. The van der Waals surface area contributed by atoms with Crippen LogP contribution in [-0.2, 0) is 0 Å². The minimum atomic E-state index is -1.60. The van der Waals surface area contributed by atoms with E-state index in [1.807, 2.05) is 37.3 Å². The highest BCUT2D eigenvalue weighted by Gasteiger charge is 2.29. The van der Waals surface area contributed by atoms with Crippen LogP contribution >= 0.6 is 0 Å². The van der Waals surface area contributed by atoms with Crippen LogP contribution in [0.15, 0.2) is 30.3 Å². The van der Waals surface area contributed by atoms with Crippen molar-refractivity contribution in [2.24, 2.45) is 0 Å². The zero-order chi connectivity index (χ0) is 9.90. The molecule has 0 spiro atoms. The summed E-state index contributed by atoms with van der Waals surface area (Å²) in [5.74, 6) is -1.85. The smallest absolute Gasteiger partial charge is 0.168 e. The van der Waals surface area contributed by atoms with Crippen LogP contribution in [0.2, 0.25) is 0 Å². The summed E-state index contributed by atoms with van der Waals surface area (Å²) in [4.78, 5) is 0. The highest BCUT2D eigenvalue weighted by atomic mass is 16.5. The fraction of sp³-hybridized carbons (Fsp3) is 0.455. The molecule has 0 aliphatic rings. The van der Waals surface area contributed by atoms with E-state index in [1.165, 1.54) is 0 Å². The van der Waals surface area contributed by atoms with Crippen LogP contribution in [-0.4, -0.2) is 16.0 Å². The van der Waals surface area contributed by atoms with Crippen LogP contribution in [0.25, 0.3) is 0 Å². The largest absolute Gasteiger partial charge is 0.365 e. The molecule has 0 saturated heterocycles. The third-order valence-electron chi connectivity index (χ3n) is 2.51. The van der Waals surface area contributed by atoms with E-state index in [4.69, 9.17) is 0 Å². The van der Waals surface area contributed by atoms with Gasteiger partial charge >= 0.3 is 0 Å². The van der Waals surface area contributed by atoms with Crippen LogP contribution in [0.3, 0.4) is 0 Å². The third kappa shape index (κ3) is 2.29. The average molecular weight is 180 g/mol. The van der Waals surface area contributed by atoms with E-state index in [0.717, 1.165) is 5.56 Å². The van der Waals surface area contributed by atoms with Crippen molar-refractivity contribution in [1.29, 1.82) is 0 Å². The quantitative estimate of drug-likeness (QED) is 0.697. The summed E-state index contributed by atoms with van der Waals surface area (Å²) in [6.45, 7) is 3.58. The molecule has 0 heterocycles. The van der Waals surface area contributed by atoms with E-state index in [2.05, 4.69) is 0 Å². The highest BCUT2D eigenvalue weighted by molar-refractivity contribution is 5.20. The van der Waals surface area contributed by atoms with Crippen LogP contribution in [0.5, 0.6) is 0 Å². The van der Waals surface area contributed by atoms with E-state index in [0.29, 0.717) is 6.42 Å². The standard InChI is InChI=1S/C11H16O2/c1-3-11(12,13)9(2)10-7-5-4-6-8-10/h4-9,12-13H,3H2,1-2H3. The summed E-state index contributed by atoms with van der Waals surface area (Å²) in [7, 11) is 0. The van der Waals surface area contributed by atoms with E-state index in [-0.39, 0.29) is 5.92 Å². The Labute approximate surface area is 78.8 Å². The van der Waals surface area contributed by atoms with Gasteiger partial charge in [0.2, 0.25) is 0 Å². The van der Waals surface area contributed by atoms with Crippen molar-refractivity contribution in [1.82, 2.24) is 0 Å². The van der Waals surface area contributed by atoms with E-state index in [9.17, 15) is 10.2 Å². The Morgan fingerprint density at radius 3 is 2.23 bits per heavy atom. The van der Waals surface area contributed by atoms with Crippen molar-refractivity contribution in [2.45, 2.75) is 32.0 Å². The van der Waals surface area contributed by atoms with Gasteiger partial charge in [-0.25, -0.2) is 0 Å². The van der Waals surface area contributed by atoms with Crippen molar-refractivity contribution >= 4 is 0 Å². The molecule has 0 radical (unpaired) electrons. The van der Waals surface area contributed by atoms with Gasteiger partial charge < -0.3 is 10.2 Å². The molecule has 0 saturated carbocycles. The summed E-state index contributed by atoms with van der Waals surface area (Å²) in [6.07, 6.45) is 0.336. The molecule has 0 amide bonds. The number of hydrogen-bond donors (Lipinski definition) is 2.